The summed E-state index contributed by atoms with van der Waals surface area (Å²) in [5.41, 5.74) is 3.74. The number of amides is 2. The van der Waals surface area contributed by atoms with E-state index in [0.717, 1.165) is 36.8 Å². The van der Waals surface area contributed by atoms with Crippen molar-refractivity contribution in [2.24, 2.45) is 0 Å². The largest absolute Gasteiger partial charge is 0.352 e. The minimum absolute atomic E-state index is 0.128. The summed E-state index contributed by atoms with van der Waals surface area (Å²) in [7, 11) is 0. The fourth-order valence-corrected chi connectivity index (χ4v) is 5.06. The Balaban J connectivity index is 1.59. The van der Waals surface area contributed by atoms with Gasteiger partial charge in [-0.05, 0) is 50.7 Å². The normalized spacial score (nSPS) is 13.0. The number of aromatic nitrogens is 3. The number of fused-ring (bicyclic) bond motifs is 1. The summed E-state index contributed by atoms with van der Waals surface area (Å²) in [6.45, 7) is 4.82. The molecule has 0 unspecified atom stereocenters. The number of hydrogen-bond donors (Lipinski definition) is 2. The Morgan fingerprint density at radius 3 is 2.67 bits per heavy atom. The lowest BCUT2D eigenvalue weighted by Gasteiger charge is -2.12. The topological polar surface area (TPSA) is 88.9 Å². The number of nitrogens with zero attached hydrogens (tertiary/aromatic N) is 3. The van der Waals surface area contributed by atoms with Crippen molar-refractivity contribution in [2.45, 2.75) is 46.1 Å². The number of carbonyl (C=O) groups is 2. The first kappa shape index (κ1) is 20.3. The Hall–Kier alpha value is -3.00. The van der Waals surface area contributed by atoms with Crippen LogP contribution in [-0.2, 0) is 19.4 Å². The Morgan fingerprint density at radius 2 is 1.90 bits per heavy atom. The quantitative estimate of drug-likeness (QED) is 0.634. The summed E-state index contributed by atoms with van der Waals surface area (Å²) in [4.78, 5) is 26.9. The summed E-state index contributed by atoms with van der Waals surface area (Å²) in [5.74, 6) is -0.465. The second-order valence-electron chi connectivity index (χ2n) is 7.40. The molecule has 2 aromatic heterocycles. The van der Waals surface area contributed by atoms with E-state index in [2.05, 4.69) is 20.9 Å². The molecule has 1 aromatic carbocycles. The number of carbonyl (C=O) groups excluding carboxylic acids is 2. The van der Waals surface area contributed by atoms with Crippen LogP contribution in [0.2, 0.25) is 0 Å². The third-order valence-electron chi connectivity index (χ3n) is 5.34. The first-order valence-corrected chi connectivity index (χ1v) is 11.1. The molecule has 0 fully saturated rings. The zero-order valence-corrected chi connectivity index (χ0v) is 18.0. The number of hydrogen-bond acceptors (Lipinski definition) is 5. The average molecular weight is 424 g/mol. The van der Waals surface area contributed by atoms with Gasteiger partial charge in [0.05, 0.1) is 17.8 Å². The zero-order valence-electron chi connectivity index (χ0n) is 17.2. The summed E-state index contributed by atoms with van der Waals surface area (Å²) in [6, 6.07) is 9.92. The Kier molecular flexibility index (Phi) is 5.94. The molecule has 0 bridgehead atoms. The molecule has 0 radical (unpaired) electrons. The van der Waals surface area contributed by atoms with Gasteiger partial charge in [-0.25, -0.2) is 4.68 Å². The predicted octanol–water partition coefficient (Wildman–Crippen LogP) is 3.58. The number of rotatable bonds is 6. The van der Waals surface area contributed by atoms with E-state index in [1.807, 2.05) is 44.2 Å². The highest BCUT2D eigenvalue weighted by Crippen LogP contribution is 2.38. The molecule has 1 aliphatic carbocycles. The van der Waals surface area contributed by atoms with Crippen LogP contribution in [0.25, 0.3) is 0 Å². The van der Waals surface area contributed by atoms with Crippen LogP contribution in [0, 0.1) is 6.92 Å². The molecule has 2 amide bonds. The molecule has 2 N–H and O–H groups in total. The van der Waals surface area contributed by atoms with Gasteiger partial charge >= 0.3 is 0 Å². The number of aryl methyl sites for hydroxylation is 1. The number of nitrogens with one attached hydrogen (secondary N) is 2. The van der Waals surface area contributed by atoms with E-state index in [1.165, 1.54) is 16.2 Å². The van der Waals surface area contributed by atoms with Crippen LogP contribution in [0.1, 0.15) is 62.3 Å². The average Bonchev–Trinajstić information content (AvgIpc) is 3.29. The van der Waals surface area contributed by atoms with E-state index in [0.29, 0.717) is 29.3 Å². The van der Waals surface area contributed by atoms with E-state index in [-0.39, 0.29) is 17.5 Å². The van der Waals surface area contributed by atoms with Crippen molar-refractivity contribution in [3.63, 3.8) is 0 Å². The first-order chi connectivity index (χ1) is 14.6. The van der Waals surface area contributed by atoms with Crippen LogP contribution in [0.15, 0.2) is 30.3 Å². The summed E-state index contributed by atoms with van der Waals surface area (Å²) in [5, 5.41) is 14.7. The van der Waals surface area contributed by atoms with Crippen molar-refractivity contribution in [2.75, 3.05) is 11.9 Å². The minimum Gasteiger partial charge on any atom is -0.352 e. The molecule has 0 saturated carbocycles. The SMILES string of the molecule is CCNC(=O)c1c(NC(=O)c2nnn(Cc3ccccc3)c2C)sc2c1CCCC2. The maximum atomic E-state index is 13.0. The third-order valence-corrected chi connectivity index (χ3v) is 6.54. The highest BCUT2D eigenvalue weighted by molar-refractivity contribution is 7.17. The summed E-state index contributed by atoms with van der Waals surface area (Å²) < 4.78 is 1.72. The lowest BCUT2D eigenvalue weighted by molar-refractivity contribution is 0.0956. The Bertz CT molecular complexity index is 1070. The number of benzene rings is 1. The van der Waals surface area contributed by atoms with Gasteiger partial charge in [0.25, 0.3) is 11.8 Å². The van der Waals surface area contributed by atoms with Crippen molar-refractivity contribution in [1.29, 1.82) is 0 Å². The van der Waals surface area contributed by atoms with Crippen LogP contribution < -0.4 is 10.6 Å². The lowest BCUT2D eigenvalue weighted by Crippen LogP contribution is -2.25. The number of anilines is 1. The van der Waals surface area contributed by atoms with E-state index < -0.39 is 0 Å². The van der Waals surface area contributed by atoms with Crippen LogP contribution >= 0.6 is 11.3 Å². The molecule has 0 atom stereocenters. The first-order valence-electron chi connectivity index (χ1n) is 10.3. The van der Waals surface area contributed by atoms with Crippen molar-refractivity contribution in [3.8, 4) is 0 Å². The van der Waals surface area contributed by atoms with Gasteiger partial charge in [-0.3, -0.25) is 9.59 Å². The molecule has 0 aliphatic heterocycles. The number of thiophene rings is 1. The fraction of sp³-hybridized carbons (Fsp3) is 0.364. The van der Waals surface area contributed by atoms with Gasteiger partial charge in [-0.1, -0.05) is 35.5 Å². The smallest absolute Gasteiger partial charge is 0.278 e. The van der Waals surface area contributed by atoms with Gasteiger partial charge in [0.1, 0.15) is 5.00 Å². The Morgan fingerprint density at radius 1 is 1.13 bits per heavy atom. The van der Waals surface area contributed by atoms with Gasteiger partial charge in [0.15, 0.2) is 5.69 Å². The molecule has 3 aromatic rings. The molecule has 0 saturated heterocycles. The van der Waals surface area contributed by atoms with Gasteiger partial charge in [0.2, 0.25) is 0 Å². The van der Waals surface area contributed by atoms with Crippen LogP contribution in [0.5, 0.6) is 0 Å². The fourth-order valence-electron chi connectivity index (χ4n) is 3.78. The molecular formula is C22H25N5O2S. The van der Waals surface area contributed by atoms with E-state index in [4.69, 9.17) is 0 Å². The van der Waals surface area contributed by atoms with Crippen molar-refractivity contribution in [1.82, 2.24) is 20.3 Å². The summed E-state index contributed by atoms with van der Waals surface area (Å²) >= 11 is 1.51. The molecule has 30 heavy (non-hydrogen) atoms. The monoisotopic (exact) mass is 423 g/mol. The van der Waals surface area contributed by atoms with E-state index >= 15 is 0 Å². The van der Waals surface area contributed by atoms with E-state index in [1.54, 1.807) is 4.68 Å². The van der Waals surface area contributed by atoms with Gasteiger partial charge in [-0.15, -0.1) is 16.4 Å². The maximum absolute atomic E-state index is 13.0. The van der Waals surface area contributed by atoms with Gasteiger partial charge in [-0.2, -0.15) is 0 Å². The van der Waals surface area contributed by atoms with Gasteiger partial charge in [0, 0.05) is 11.4 Å². The van der Waals surface area contributed by atoms with Gasteiger partial charge < -0.3 is 10.6 Å². The molecular weight excluding hydrogens is 398 g/mol. The van der Waals surface area contributed by atoms with Crippen molar-refractivity contribution >= 4 is 28.2 Å². The molecule has 2 heterocycles. The highest BCUT2D eigenvalue weighted by atomic mass is 32.1. The maximum Gasteiger partial charge on any atom is 0.278 e. The van der Waals surface area contributed by atoms with E-state index in [9.17, 15) is 9.59 Å². The second kappa shape index (κ2) is 8.79. The molecule has 7 nitrogen and oxygen atoms in total. The van der Waals surface area contributed by atoms with Crippen molar-refractivity contribution < 1.29 is 9.59 Å². The lowest BCUT2D eigenvalue weighted by atomic mass is 9.95. The zero-order chi connectivity index (χ0) is 21.1. The minimum atomic E-state index is -0.337. The van der Waals surface area contributed by atoms with Crippen LogP contribution in [0.4, 0.5) is 5.00 Å². The molecule has 8 heteroatoms. The molecule has 0 spiro atoms. The molecule has 156 valence electrons. The summed E-state index contributed by atoms with van der Waals surface area (Å²) in [6.07, 6.45) is 4.01. The Labute approximate surface area is 179 Å². The standard InChI is InChI=1S/C22H25N5O2S/c1-3-23-20(28)18-16-11-7-8-12-17(16)30-22(18)24-21(29)19-14(2)27(26-25-19)13-15-9-5-4-6-10-15/h4-6,9-10H,3,7-8,11-13H2,1-2H3,(H,23,28)(H,24,29). The second-order valence-corrected chi connectivity index (χ2v) is 8.50. The highest BCUT2D eigenvalue weighted by Gasteiger charge is 2.27. The van der Waals surface area contributed by atoms with Crippen molar-refractivity contribution in [3.05, 3.63) is 63.3 Å². The van der Waals surface area contributed by atoms with Crippen LogP contribution in [0.3, 0.4) is 0 Å². The molecule has 4 rings (SSSR count). The third kappa shape index (κ3) is 4.00. The predicted molar refractivity (Wildman–Crippen MR) is 117 cm³/mol. The van der Waals surface area contributed by atoms with Crippen LogP contribution in [-0.4, -0.2) is 33.4 Å². The molecule has 1 aliphatic rings.